The molecule has 1 unspecified atom stereocenters. The standard InChI is InChI=1S/C13H15BrFN3O3.ClH/c1-13(6-16)2-3-17(7-13)12(19)9-4-8(15)5-10(11(9)14)18(20)21;/h4-5H,2-3,6-7,16H2,1H3;1H. The van der Waals surface area contributed by atoms with Gasteiger partial charge in [-0.15, -0.1) is 12.4 Å². The number of rotatable bonds is 3. The van der Waals surface area contributed by atoms with Crippen molar-refractivity contribution in [1.82, 2.24) is 4.90 Å². The topological polar surface area (TPSA) is 89.5 Å². The zero-order chi connectivity index (χ0) is 15.8. The van der Waals surface area contributed by atoms with Crippen LogP contribution in [0.15, 0.2) is 16.6 Å². The van der Waals surface area contributed by atoms with Crippen LogP contribution in [-0.4, -0.2) is 35.4 Å². The van der Waals surface area contributed by atoms with Gasteiger partial charge in [-0.3, -0.25) is 14.9 Å². The Morgan fingerprint density at radius 2 is 2.23 bits per heavy atom. The van der Waals surface area contributed by atoms with Crippen molar-refractivity contribution < 1.29 is 14.1 Å². The van der Waals surface area contributed by atoms with E-state index in [-0.39, 0.29) is 27.9 Å². The second-order valence-electron chi connectivity index (χ2n) is 5.54. The van der Waals surface area contributed by atoms with Crippen LogP contribution in [0.5, 0.6) is 0 Å². The van der Waals surface area contributed by atoms with Crippen molar-refractivity contribution in [3.05, 3.63) is 38.1 Å². The molecule has 1 fully saturated rings. The second-order valence-corrected chi connectivity index (χ2v) is 6.33. The maximum Gasteiger partial charge on any atom is 0.287 e. The molecule has 9 heteroatoms. The van der Waals surface area contributed by atoms with Gasteiger partial charge in [0, 0.05) is 13.1 Å². The van der Waals surface area contributed by atoms with Crippen molar-refractivity contribution in [2.24, 2.45) is 11.1 Å². The Morgan fingerprint density at radius 1 is 1.59 bits per heavy atom. The van der Waals surface area contributed by atoms with E-state index in [0.717, 1.165) is 18.6 Å². The molecule has 1 amide bonds. The van der Waals surface area contributed by atoms with E-state index in [1.54, 1.807) is 4.90 Å². The highest BCUT2D eigenvalue weighted by molar-refractivity contribution is 9.10. The molecule has 1 aromatic carbocycles. The Morgan fingerprint density at radius 3 is 2.73 bits per heavy atom. The molecule has 1 aliphatic rings. The number of hydrogen-bond acceptors (Lipinski definition) is 4. The van der Waals surface area contributed by atoms with Gasteiger partial charge in [-0.1, -0.05) is 6.92 Å². The van der Waals surface area contributed by atoms with Gasteiger partial charge in [-0.05, 0) is 40.4 Å². The largest absolute Gasteiger partial charge is 0.338 e. The summed E-state index contributed by atoms with van der Waals surface area (Å²) in [5.41, 5.74) is 5.03. The number of halogens is 3. The van der Waals surface area contributed by atoms with Crippen LogP contribution in [0.4, 0.5) is 10.1 Å². The molecule has 0 aliphatic carbocycles. The average Bonchev–Trinajstić information content (AvgIpc) is 2.83. The average molecular weight is 397 g/mol. The summed E-state index contributed by atoms with van der Waals surface area (Å²) >= 11 is 3.03. The lowest BCUT2D eigenvalue weighted by atomic mass is 9.90. The number of amides is 1. The van der Waals surface area contributed by atoms with Gasteiger partial charge in [0.15, 0.2) is 0 Å². The lowest BCUT2D eigenvalue weighted by molar-refractivity contribution is -0.385. The molecular formula is C13H16BrClFN3O3. The molecule has 0 saturated carbocycles. The molecule has 0 bridgehead atoms. The summed E-state index contributed by atoms with van der Waals surface area (Å²) in [6, 6.07) is 1.80. The van der Waals surface area contributed by atoms with Crippen LogP contribution in [0, 0.1) is 21.3 Å². The molecule has 1 aliphatic heterocycles. The summed E-state index contributed by atoms with van der Waals surface area (Å²) < 4.78 is 13.5. The van der Waals surface area contributed by atoms with Gasteiger partial charge >= 0.3 is 0 Å². The Bertz CT molecular complexity index is 616. The first-order chi connectivity index (χ1) is 9.77. The molecule has 6 nitrogen and oxygen atoms in total. The molecule has 2 N–H and O–H groups in total. The number of nitro groups is 1. The molecule has 1 heterocycles. The van der Waals surface area contributed by atoms with Crippen LogP contribution in [0.25, 0.3) is 0 Å². The van der Waals surface area contributed by atoms with Crippen LogP contribution in [-0.2, 0) is 0 Å². The minimum atomic E-state index is -0.811. The van der Waals surface area contributed by atoms with Crippen molar-refractivity contribution in [3.63, 3.8) is 0 Å². The van der Waals surface area contributed by atoms with Crippen LogP contribution < -0.4 is 5.73 Å². The minimum absolute atomic E-state index is 0. The molecule has 0 radical (unpaired) electrons. The zero-order valence-corrected chi connectivity index (χ0v) is 14.2. The number of nitrogens with zero attached hydrogens (tertiary/aromatic N) is 2. The van der Waals surface area contributed by atoms with Crippen molar-refractivity contribution >= 4 is 39.9 Å². The van der Waals surface area contributed by atoms with Crippen molar-refractivity contribution in [1.29, 1.82) is 0 Å². The van der Waals surface area contributed by atoms with Gasteiger partial charge in [0.1, 0.15) is 10.3 Å². The van der Waals surface area contributed by atoms with E-state index in [1.807, 2.05) is 6.92 Å². The normalized spacial score (nSPS) is 20.6. The molecule has 0 spiro atoms. The Hall–Kier alpha value is -1.25. The molecule has 22 heavy (non-hydrogen) atoms. The Labute approximate surface area is 141 Å². The van der Waals surface area contributed by atoms with Gasteiger partial charge in [-0.2, -0.15) is 0 Å². The predicted molar refractivity (Wildman–Crippen MR) is 85.7 cm³/mol. The third-order valence-electron chi connectivity index (χ3n) is 3.78. The summed E-state index contributed by atoms with van der Waals surface area (Å²) in [6.07, 6.45) is 0.754. The second kappa shape index (κ2) is 6.89. The fraction of sp³-hybridized carbons (Fsp3) is 0.462. The number of carbonyl (C=O) groups excluding carboxylic acids is 1. The molecule has 1 saturated heterocycles. The number of carbonyl (C=O) groups is 1. The number of benzene rings is 1. The summed E-state index contributed by atoms with van der Waals surface area (Å²) in [4.78, 5) is 24.2. The number of likely N-dealkylation sites (tertiary alicyclic amines) is 1. The van der Waals surface area contributed by atoms with Crippen LogP contribution in [0.2, 0.25) is 0 Å². The summed E-state index contributed by atoms with van der Waals surface area (Å²) in [5.74, 6) is -1.24. The monoisotopic (exact) mass is 395 g/mol. The first-order valence-corrected chi connectivity index (χ1v) is 7.19. The highest BCUT2D eigenvalue weighted by atomic mass is 79.9. The highest BCUT2D eigenvalue weighted by Crippen LogP contribution is 2.34. The third kappa shape index (κ3) is 3.56. The first kappa shape index (κ1) is 18.8. The Balaban J connectivity index is 0.00000242. The molecule has 122 valence electrons. The first-order valence-electron chi connectivity index (χ1n) is 6.40. The van der Waals surface area contributed by atoms with E-state index < -0.39 is 22.3 Å². The van der Waals surface area contributed by atoms with Crippen molar-refractivity contribution in [2.75, 3.05) is 19.6 Å². The lowest BCUT2D eigenvalue weighted by Gasteiger charge is -2.22. The smallest absolute Gasteiger partial charge is 0.287 e. The summed E-state index contributed by atoms with van der Waals surface area (Å²) in [7, 11) is 0. The van der Waals surface area contributed by atoms with E-state index >= 15 is 0 Å². The van der Waals surface area contributed by atoms with E-state index in [1.165, 1.54) is 0 Å². The summed E-state index contributed by atoms with van der Waals surface area (Å²) in [6.45, 7) is 3.38. The van der Waals surface area contributed by atoms with Crippen molar-refractivity contribution in [2.45, 2.75) is 13.3 Å². The number of nitro benzene ring substituents is 1. The quantitative estimate of drug-likeness (QED) is 0.628. The molecule has 1 atom stereocenters. The highest BCUT2D eigenvalue weighted by Gasteiger charge is 2.36. The van der Waals surface area contributed by atoms with Gasteiger partial charge in [0.05, 0.1) is 16.6 Å². The van der Waals surface area contributed by atoms with Crippen LogP contribution >= 0.6 is 28.3 Å². The zero-order valence-electron chi connectivity index (χ0n) is 11.8. The van der Waals surface area contributed by atoms with E-state index in [2.05, 4.69) is 15.9 Å². The predicted octanol–water partition coefficient (Wildman–Crippen LogP) is 2.73. The number of hydrogen-bond donors (Lipinski definition) is 1. The van der Waals surface area contributed by atoms with E-state index in [4.69, 9.17) is 5.73 Å². The van der Waals surface area contributed by atoms with Gasteiger partial charge < -0.3 is 10.6 Å². The molecule has 1 aromatic rings. The van der Waals surface area contributed by atoms with E-state index in [9.17, 15) is 19.3 Å². The minimum Gasteiger partial charge on any atom is -0.338 e. The van der Waals surface area contributed by atoms with E-state index in [0.29, 0.717) is 19.6 Å². The Kier molecular flexibility index (Phi) is 5.89. The van der Waals surface area contributed by atoms with Gasteiger partial charge in [-0.25, -0.2) is 4.39 Å². The van der Waals surface area contributed by atoms with Crippen LogP contribution in [0.1, 0.15) is 23.7 Å². The third-order valence-corrected chi connectivity index (χ3v) is 4.62. The molecular weight excluding hydrogens is 381 g/mol. The summed E-state index contributed by atoms with van der Waals surface area (Å²) in [5, 5.41) is 10.9. The SMILES string of the molecule is CC1(CN)CCN(C(=O)c2cc(F)cc([N+](=O)[O-])c2Br)C1.Cl. The molecule has 0 aromatic heterocycles. The van der Waals surface area contributed by atoms with Crippen molar-refractivity contribution in [3.8, 4) is 0 Å². The van der Waals surface area contributed by atoms with Crippen LogP contribution in [0.3, 0.4) is 0 Å². The maximum absolute atomic E-state index is 13.5. The maximum atomic E-state index is 13.5. The fourth-order valence-corrected chi connectivity index (χ4v) is 2.94. The van der Waals surface area contributed by atoms with Gasteiger partial charge in [0.25, 0.3) is 11.6 Å². The fourth-order valence-electron chi connectivity index (χ4n) is 2.40. The lowest BCUT2D eigenvalue weighted by Crippen LogP contribution is -2.34. The van der Waals surface area contributed by atoms with Gasteiger partial charge in [0.2, 0.25) is 0 Å². The molecule has 2 rings (SSSR count). The number of nitrogens with two attached hydrogens (primary N) is 1.